The van der Waals surface area contributed by atoms with E-state index in [1.807, 2.05) is 24.3 Å². The quantitative estimate of drug-likeness (QED) is 0.518. The van der Waals surface area contributed by atoms with Crippen LogP contribution in [0, 0.1) is 0 Å². The Balaban J connectivity index is 2.01. The number of ketones is 1. The highest BCUT2D eigenvalue weighted by atomic mass is 32.2. The molecule has 1 aromatic heterocycles. The van der Waals surface area contributed by atoms with Crippen LogP contribution in [-0.2, 0) is 4.79 Å². The highest BCUT2D eigenvalue weighted by Gasteiger charge is 2.18. The smallest absolute Gasteiger partial charge is 0.200 e. The summed E-state index contributed by atoms with van der Waals surface area (Å²) in [7, 11) is 0. The van der Waals surface area contributed by atoms with Gasteiger partial charge in [0.05, 0.1) is 0 Å². The lowest BCUT2D eigenvalue weighted by molar-refractivity contribution is -0.109. The number of rotatable bonds is 4. The maximum Gasteiger partial charge on any atom is 0.200 e. The molecule has 1 aliphatic rings. The van der Waals surface area contributed by atoms with E-state index < -0.39 is 0 Å². The van der Waals surface area contributed by atoms with Gasteiger partial charge in [-0.2, -0.15) is 0 Å². The molecule has 0 atom stereocenters. The van der Waals surface area contributed by atoms with E-state index in [1.165, 1.54) is 23.1 Å². The van der Waals surface area contributed by atoms with Crippen molar-refractivity contribution in [2.45, 2.75) is 4.34 Å². The largest absolute Gasteiger partial charge is 0.498 e. The summed E-state index contributed by atoms with van der Waals surface area (Å²) in [5.41, 5.74) is 2.84. The molecule has 3 rings (SSSR count). The van der Waals surface area contributed by atoms with Crippen LogP contribution in [0.25, 0.3) is 17.7 Å². The van der Waals surface area contributed by atoms with E-state index in [0.29, 0.717) is 11.3 Å². The fourth-order valence-corrected chi connectivity index (χ4v) is 3.77. The standard InChI is InChI=1S/C17H13NO2S2/c1-2-9-21-17-18-14(16(20)22-17)10-13-12-6-4-3-5-11(12)7-8-15(13)19/h2-8,10,20H,1,9H2/b13-10-. The molecule has 0 amide bonds. The number of nitrogens with zero attached hydrogens (tertiary/aromatic N) is 1. The summed E-state index contributed by atoms with van der Waals surface area (Å²) in [6.45, 7) is 3.66. The minimum absolute atomic E-state index is 0.0774. The molecule has 0 aliphatic heterocycles. The first-order valence-corrected chi connectivity index (χ1v) is 8.46. The van der Waals surface area contributed by atoms with Crippen molar-refractivity contribution in [3.8, 4) is 5.06 Å². The van der Waals surface area contributed by atoms with E-state index in [0.717, 1.165) is 21.2 Å². The third-order valence-corrected chi connectivity index (χ3v) is 5.16. The molecule has 3 nitrogen and oxygen atoms in total. The second-order valence-electron chi connectivity index (χ2n) is 4.61. The lowest BCUT2D eigenvalue weighted by Gasteiger charge is -2.12. The number of hydrogen-bond donors (Lipinski definition) is 1. The van der Waals surface area contributed by atoms with Crippen molar-refractivity contribution in [3.63, 3.8) is 0 Å². The minimum atomic E-state index is -0.0774. The molecule has 0 saturated carbocycles. The molecule has 1 aromatic carbocycles. The number of aromatic hydroxyl groups is 1. The molecule has 1 N–H and O–H groups in total. The van der Waals surface area contributed by atoms with Gasteiger partial charge < -0.3 is 5.11 Å². The molecule has 110 valence electrons. The van der Waals surface area contributed by atoms with E-state index in [2.05, 4.69) is 11.6 Å². The van der Waals surface area contributed by atoms with Crippen molar-refractivity contribution >= 4 is 46.6 Å². The number of fused-ring (bicyclic) bond motifs is 1. The fraction of sp³-hybridized carbons (Fsp3) is 0.0588. The van der Waals surface area contributed by atoms with Gasteiger partial charge in [-0.05, 0) is 23.3 Å². The van der Waals surface area contributed by atoms with Gasteiger partial charge in [-0.15, -0.1) is 6.58 Å². The van der Waals surface area contributed by atoms with E-state index >= 15 is 0 Å². The number of aromatic nitrogens is 1. The zero-order valence-corrected chi connectivity index (χ0v) is 13.3. The molecule has 1 aliphatic carbocycles. The van der Waals surface area contributed by atoms with Crippen molar-refractivity contribution in [1.82, 2.24) is 4.98 Å². The zero-order chi connectivity index (χ0) is 15.5. The van der Waals surface area contributed by atoms with Gasteiger partial charge in [0.2, 0.25) is 0 Å². The van der Waals surface area contributed by atoms with Crippen molar-refractivity contribution in [2.75, 3.05) is 5.75 Å². The van der Waals surface area contributed by atoms with Gasteiger partial charge in [-0.3, -0.25) is 4.79 Å². The maximum absolute atomic E-state index is 12.2. The number of carbonyl (C=O) groups excluding carboxylic acids is 1. The summed E-state index contributed by atoms with van der Waals surface area (Å²) in [6.07, 6.45) is 6.80. The van der Waals surface area contributed by atoms with Crippen molar-refractivity contribution < 1.29 is 9.90 Å². The summed E-state index contributed by atoms with van der Waals surface area (Å²) < 4.78 is 0.760. The van der Waals surface area contributed by atoms with E-state index in [1.54, 1.807) is 24.3 Å². The van der Waals surface area contributed by atoms with Crippen LogP contribution in [0.5, 0.6) is 5.06 Å². The van der Waals surface area contributed by atoms with Gasteiger partial charge in [0.1, 0.15) is 5.69 Å². The van der Waals surface area contributed by atoms with Crippen LogP contribution in [0.1, 0.15) is 16.8 Å². The predicted octanol–water partition coefficient (Wildman–Crippen LogP) is 4.26. The number of hydrogen-bond acceptors (Lipinski definition) is 5. The fourth-order valence-electron chi connectivity index (χ4n) is 2.15. The van der Waals surface area contributed by atoms with Crippen LogP contribution in [0.2, 0.25) is 0 Å². The highest BCUT2D eigenvalue weighted by Crippen LogP contribution is 2.36. The Labute approximate surface area is 136 Å². The monoisotopic (exact) mass is 327 g/mol. The summed E-state index contributed by atoms with van der Waals surface area (Å²) in [4.78, 5) is 16.6. The normalized spacial score (nSPS) is 15.1. The molecule has 0 spiro atoms. The lowest BCUT2D eigenvalue weighted by atomic mass is 9.91. The van der Waals surface area contributed by atoms with E-state index in [9.17, 15) is 9.90 Å². The Morgan fingerprint density at radius 2 is 2.14 bits per heavy atom. The van der Waals surface area contributed by atoms with Gasteiger partial charge >= 0.3 is 0 Å². The third-order valence-electron chi connectivity index (χ3n) is 3.15. The second-order valence-corrected chi connectivity index (χ2v) is 6.86. The van der Waals surface area contributed by atoms with Crippen LogP contribution >= 0.6 is 23.1 Å². The SMILES string of the molecule is C=CCSc1nc(/C=C2\C(=O)C=Cc3ccccc32)c(O)s1. The van der Waals surface area contributed by atoms with E-state index in [4.69, 9.17) is 0 Å². The summed E-state index contributed by atoms with van der Waals surface area (Å²) in [6, 6.07) is 7.68. The molecule has 0 bridgehead atoms. The average Bonchev–Trinajstić information content (AvgIpc) is 2.88. The Kier molecular flexibility index (Phi) is 4.27. The average molecular weight is 327 g/mol. The van der Waals surface area contributed by atoms with Gasteiger partial charge in [-0.25, -0.2) is 4.98 Å². The Bertz CT molecular complexity index is 803. The molecule has 0 unspecified atom stereocenters. The molecule has 2 aromatic rings. The van der Waals surface area contributed by atoms with Crippen molar-refractivity contribution in [1.29, 1.82) is 0 Å². The number of thiazole rings is 1. The van der Waals surface area contributed by atoms with Gasteiger partial charge in [-0.1, -0.05) is 59.5 Å². The minimum Gasteiger partial charge on any atom is -0.498 e. The van der Waals surface area contributed by atoms with Crippen LogP contribution in [0.4, 0.5) is 0 Å². The number of thioether (sulfide) groups is 1. The molecule has 22 heavy (non-hydrogen) atoms. The van der Waals surface area contributed by atoms with Crippen LogP contribution in [-0.4, -0.2) is 21.6 Å². The summed E-state index contributed by atoms with van der Waals surface area (Å²) in [5.74, 6) is 0.652. The van der Waals surface area contributed by atoms with Gasteiger partial charge in [0.15, 0.2) is 15.2 Å². The van der Waals surface area contributed by atoms with Crippen LogP contribution in [0.15, 0.2) is 47.3 Å². The van der Waals surface area contributed by atoms with Gasteiger partial charge in [0.25, 0.3) is 0 Å². The first-order chi connectivity index (χ1) is 10.7. The topological polar surface area (TPSA) is 50.2 Å². The molecule has 0 fully saturated rings. The molecule has 1 heterocycles. The zero-order valence-electron chi connectivity index (χ0n) is 11.7. The Morgan fingerprint density at radius 1 is 1.32 bits per heavy atom. The second kappa shape index (κ2) is 6.34. The molecular formula is C17H13NO2S2. The highest BCUT2D eigenvalue weighted by molar-refractivity contribution is 8.01. The molecular weight excluding hydrogens is 314 g/mol. The first-order valence-electron chi connectivity index (χ1n) is 6.66. The Morgan fingerprint density at radius 3 is 2.95 bits per heavy atom. The van der Waals surface area contributed by atoms with Crippen LogP contribution < -0.4 is 0 Å². The maximum atomic E-state index is 12.2. The molecule has 0 radical (unpaired) electrons. The van der Waals surface area contributed by atoms with Crippen molar-refractivity contribution in [3.05, 3.63) is 59.8 Å². The third kappa shape index (κ3) is 2.91. The van der Waals surface area contributed by atoms with Crippen molar-refractivity contribution in [2.24, 2.45) is 0 Å². The number of carbonyl (C=O) groups is 1. The Hall–Kier alpha value is -2.11. The first kappa shape index (κ1) is 14.8. The summed E-state index contributed by atoms with van der Waals surface area (Å²) in [5, 5.41) is 10.2. The summed E-state index contributed by atoms with van der Waals surface area (Å²) >= 11 is 2.72. The molecule has 0 saturated heterocycles. The van der Waals surface area contributed by atoms with E-state index in [-0.39, 0.29) is 10.8 Å². The van der Waals surface area contributed by atoms with Crippen LogP contribution in [0.3, 0.4) is 0 Å². The lowest BCUT2D eigenvalue weighted by Crippen LogP contribution is -2.04. The van der Waals surface area contributed by atoms with Gasteiger partial charge in [0, 0.05) is 11.3 Å². The predicted molar refractivity (Wildman–Crippen MR) is 93.1 cm³/mol. The number of allylic oxidation sites excluding steroid dienone is 2. The molecule has 5 heteroatoms. The number of benzene rings is 1.